The van der Waals surface area contributed by atoms with E-state index in [9.17, 15) is 12.8 Å². The third kappa shape index (κ3) is 2.96. The summed E-state index contributed by atoms with van der Waals surface area (Å²) in [4.78, 5) is -0.324. The van der Waals surface area contributed by atoms with Crippen molar-refractivity contribution in [3.63, 3.8) is 0 Å². The average Bonchev–Trinajstić information content (AvgIpc) is 3.13. The predicted molar refractivity (Wildman–Crippen MR) is 77.3 cm³/mol. The smallest absolute Gasteiger partial charge is 0.246 e. The number of aryl methyl sites for hydroxylation is 1. The highest BCUT2D eigenvalue weighted by Gasteiger charge is 2.35. The fourth-order valence-corrected chi connectivity index (χ4v) is 3.93. The summed E-state index contributed by atoms with van der Waals surface area (Å²) < 4.78 is 40.7. The molecule has 1 aliphatic carbocycles. The molecule has 20 heavy (non-hydrogen) atoms. The van der Waals surface area contributed by atoms with Gasteiger partial charge in [0.15, 0.2) is 0 Å². The van der Waals surface area contributed by atoms with Gasteiger partial charge in [0, 0.05) is 18.3 Å². The van der Waals surface area contributed by atoms with Gasteiger partial charge in [-0.2, -0.15) is 4.31 Å². The van der Waals surface area contributed by atoms with Gasteiger partial charge in [0.05, 0.1) is 0 Å². The summed E-state index contributed by atoms with van der Waals surface area (Å²) in [5, 5.41) is 0. The van der Waals surface area contributed by atoms with E-state index in [0.717, 1.165) is 12.8 Å². The van der Waals surface area contributed by atoms with E-state index in [1.54, 1.807) is 20.8 Å². The van der Waals surface area contributed by atoms with E-state index < -0.39 is 15.8 Å². The van der Waals surface area contributed by atoms with Gasteiger partial charge in [-0.15, -0.1) is 0 Å². The highest BCUT2D eigenvalue weighted by molar-refractivity contribution is 7.89. The Morgan fingerprint density at radius 3 is 2.50 bits per heavy atom. The monoisotopic (exact) mass is 300 g/mol. The van der Waals surface area contributed by atoms with Gasteiger partial charge >= 0.3 is 0 Å². The Balaban J connectivity index is 2.44. The van der Waals surface area contributed by atoms with E-state index in [1.807, 2.05) is 0 Å². The lowest BCUT2D eigenvalue weighted by Gasteiger charge is -2.26. The van der Waals surface area contributed by atoms with Crippen molar-refractivity contribution in [1.29, 1.82) is 0 Å². The Morgan fingerprint density at radius 1 is 1.40 bits per heavy atom. The van der Waals surface area contributed by atoms with E-state index in [-0.39, 0.29) is 10.9 Å². The van der Waals surface area contributed by atoms with Crippen molar-refractivity contribution in [2.24, 2.45) is 5.92 Å². The van der Waals surface area contributed by atoms with Crippen LogP contribution in [0.1, 0.15) is 32.3 Å². The van der Waals surface area contributed by atoms with Crippen molar-refractivity contribution in [2.75, 3.05) is 12.3 Å². The number of nitrogens with two attached hydrogens (primary N) is 1. The van der Waals surface area contributed by atoms with Crippen LogP contribution in [-0.4, -0.2) is 25.3 Å². The van der Waals surface area contributed by atoms with Gasteiger partial charge in [0.1, 0.15) is 10.7 Å². The van der Waals surface area contributed by atoms with Gasteiger partial charge in [-0.1, -0.05) is 0 Å². The molecule has 1 aromatic carbocycles. The summed E-state index contributed by atoms with van der Waals surface area (Å²) in [6, 6.07) is 2.20. The number of hydrogen-bond donors (Lipinski definition) is 1. The molecule has 0 heterocycles. The minimum atomic E-state index is -3.85. The third-order valence-corrected chi connectivity index (χ3v) is 5.68. The number of hydrogen-bond acceptors (Lipinski definition) is 3. The van der Waals surface area contributed by atoms with Crippen LogP contribution in [0.15, 0.2) is 17.0 Å². The molecule has 2 N–H and O–H groups in total. The number of halogens is 1. The van der Waals surface area contributed by atoms with Crippen molar-refractivity contribution < 1.29 is 12.8 Å². The van der Waals surface area contributed by atoms with Crippen LogP contribution >= 0.6 is 0 Å². The first-order valence-corrected chi connectivity index (χ1v) is 8.25. The Labute approximate surface area is 119 Å². The summed E-state index contributed by atoms with van der Waals surface area (Å²) >= 11 is 0. The summed E-state index contributed by atoms with van der Waals surface area (Å²) in [5.41, 5.74) is 6.56. The minimum Gasteiger partial charge on any atom is -0.398 e. The number of sulfonamides is 1. The highest BCUT2D eigenvalue weighted by Crippen LogP contribution is 2.33. The van der Waals surface area contributed by atoms with Crippen molar-refractivity contribution in [1.82, 2.24) is 4.31 Å². The maximum atomic E-state index is 14.0. The molecule has 2 rings (SSSR count). The fraction of sp³-hybridized carbons (Fsp3) is 0.571. The zero-order valence-electron chi connectivity index (χ0n) is 12.1. The fourth-order valence-electron chi connectivity index (χ4n) is 2.13. The van der Waals surface area contributed by atoms with E-state index in [2.05, 4.69) is 0 Å². The SMILES string of the molecule is Cc1cc(F)c(S(=O)(=O)N(CC2CC2)C(C)C)cc1N. The summed E-state index contributed by atoms with van der Waals surface area (Å²) in [7, 11) is -3.85. The molecule has 6 heteroatoms. The molecule has 1 fully saturated rings. The van der Waals surface area contributed by atoms with E-state index in [0.29, 0.717) is 23.7 Å². The second-order valence-electron chi connectivity index (χ2n) is 5.75. The molecule has 0 spiro atoms. The molecule has 4 nitrogen and oxygen atoms in total. The number of nitrogens with zero attached hydrogens (tertiary/aromatic N) is 1. The third-order valence-electron chi connectivity index (χ3n) is 3.62. The first kappa shape index (κ1) is 15.3. The van der Waals surface area contributed by atoms with Crippen LogP contribution in [0.25, 0.3) is 0 Å². The largest absolute Gasteiger partial charge is 0.398 e. The summed E-state index contributed by atoms with van der Waals surface area (Å²) in [5.74, 6) is -0.337. The van der Waals surface area contributed by atoms with Crippen LogP contribution in [0.5, 0.6) is 0 Å². The molecule has 0 aliphatic heterocycles. The van der Waals surface area contributed by atoms with Crippen LogP contribution < -0.4 is 5.73 Å². The molecule has 0 bridgehead atoms. The van der Waals surface area contributed by atoms with E-state index in [4.69, 9.17) is 5.73 Å². The van der Waals surface area contributed by atoms with E-state index >= 15 is 0 Å². The molecule has 0 aromatic heterocycles. The number of rotatable bonds is 5. The molecule has 0 saturated heterocycles. The number of anilines is 1. The molecule has 0 atom stereocenters. The zero-order valence-corrected chi connectivity index (χ0v) is 12.9. The van der Waals surface area contributed by atoms with Crippen LogP contribution in [-0.2, 0) is 10.0 Å². The second kappa shape index (κ2) is 5.33. The Morgan fingerprint density at radius 2 is 2.00 bits per heavy atom. The Hall–Kier alpha value is -1.14. The zero-order chi connectivity index (χ0) is 15.1. The second-order valence-corrected chi connectivity index (χ2v) is 7.61. The van der Waals surface area contributed by atoms with Gasteiger partial charge in [-0.25, -0.2) is 12.8 Å². The van der Waals surface area contributed by atoms with E-state index in [1.165, 1.54) is 16.4 Å². The first-order valence-electron chi connectivity index (χ1n) is 6.81. The molecule has 1 aliphatic rings. The highest BCUT2D eigenvalue weighted by atomic mass is 32.2. The summed E-state index contributed by atoms with van der Waals surface area (Å²) in [6.07, 6.45) is 2.08. The van der Waals surface area contributed by atoms with Crippen molar-refractivity contribution >= 4 is 15.7 Å². The Bertz CT molecular complexity index is 610. The molecule has 1 aromatic rings. The molecule has 112 valence electrons. The topological polar surface area (TPSA) is 63.4 Å². The minimum absolute atomic E-state index is 0.206. The normalized spacial score (nSPS) is 16.1. The van der Waals surface area contributed by atoms with Crippen molar-refractivity contribution in [3.05, 3.63) is 23.5 Å². The standard InChI is InChI=1S/C14H21FN2O2S/c1-9(2)17(8-11-4-5-11)20(18,19)14-7-13(16)10(3)6-12(14)15/h6-7,9,11H,4-5,8,16H2,1-3H3. The maximum absolute atomic E-state index is 14.0. The number of nitrogen functional groups attached to an aromatic ring is 1. The van der Waals surface area contributed by atoms with Crippen LogP contribution in [0, 0.1) is 18.7 Å². The molecule has 0 radical (unpaired) electrons. The van der Waals surface area contributed by atoms with Crippen molar-refractivity contribution in [3.8, 4) is 0 Å². The number of benzene rings is 1. The molecular formula is C14H21FN2O2S. The van der Waals surface area contributed by atoms with Crippen LogP contribution in [0.4, 0.5) is 10.1 Å². The molecule has 1 saturated carbocycles. The quantitative estimate of drug-likeness (QED) is 0.850. The average molecular weight is 300 g/mol. The lowest BCUT2D eigenvalue weighted by molar-refractivity contribution is 0.340. The lowest BCUT2D eigenvalue weighted by Crippen LogP contribution is -2.38. The van der Waals surface area contributed by atoms with Gasteiger partial charge in [0.25, 0.3) is 0 Å². The molecule has 0 amide bonds. The van der Waals surface area contributed by atoms with Crippen LogP contribution in [0.2, 0.25) is 0 Å². The summed E-state index contributed by atoms with van der Waals surface area (Å²) in [6.45, 7) is 5.71. The van der Waals surface area contributed by atoms with Gasteiger partial charge in [-0.05, 0) is 57.2 Å². The van der Waals surface area contributed by atoms with Gasteiger partial charge in [-0.3, -0.25) is 0 Å². The predicted octanol–water partition coefficient (Wildman–Crippen LogP) is 2.53. The lowest BCUT2D eigenvalue weighted by atomic mass is 10.2. The van der Waals surface area contributed by atoms with Gasteiger partial charge < -0.3 is 5.73 Å². The van der Waals surface area contributed by atoms with Gasteiger partial charge in [0.2, 0.25) is 10.0 Å². The Kier molecular flexibility index (Phi) is 4.07. The van der Waals surface area contributed by atoms with Crippen molar-refractivity contribution in [2.45, 2.75) is 44.6 Å². The van der Waals surface area contributed by atoms with Crippen LogP contribution in [0.3, 0.4) is 0 Å². The maximum Gasteiger partial charge on any atom is 0.246 e. The molecular weight excluding hydrogens is 279 g/mol. The molecule has 0 unspecified atom stereocenters. The first-order chi connectivity index (χ1) is 9.23.